The Bertz CT molecular complexity index is 358. The fourth-order valence-electron chi connectivity index (χ4n) is 1.94. The monoisotopic (exact) mass is 253 g/mol. The second-order valence-electron chi connectivity index (χ2n) is 5.50. The summed E-state index contributed by atoms with van der Waals surface area (Å²) in [6.45, 7) is 11.5. The SMILES string of the molecule is CCNC(Cc1ccn(C(C)C)n1)C(C)(C)OC. The van der Waals surface area contributed by atoms with Crippen LogP contribution in [-0.2, 0) is 11.2 Å². The van der Waals surface area contributed by atoms with E-state index in [1.54, 1.807) is 7.11 Å². The van der Waals surface area contributed by atoms with Crippen molar-refractivity contribution >= 4 is 0 Å². The molecular weight excluding hydrogens is 226 g/mol. The molecule has 1 aromatic rings. The van der Waals surface area contributed by atoms with E-state index in [1.165, 1.54) is 0 Å². The largest absolute Gasteiger partial charge is 0.377 e. The number of methoxy groups -OCH3 is 1. The topological polar surface area (TPSA) is 39.1 Å². The van der Waals surface area contributed by atoms with Gasteiger partial charge in [0.2, 0.25) is 0 Å². The second kappa shape index (κ2) is 6.34. The average Bonchev–Trinajstić information content (AvgIpc) is 2.77. The van der Waals surface area contributed by atoms with E-state index in [2.05, 4.69) is 51.1 Å². The molecule has 0 amide bonds. The Morgan fingerprint density at radius 2 is 2.11 bits per heavy atom. The Morgan fingerprint density at radius 3 is 2.56 bits per heavy atom. The molecule has 0 aliphatic heterocycles. The van der Waals surface area contributed by atoms with Gasteiger partial charge in [-0.1, -0.05) is 6.92 Å². The predicted molar refractivity (Wildman–Crippen MR) is 74.9 cm³/mol. The quantitative estimate of drug-likeness (QED) is 0.811. The summed E-state index contributed by atoms with van der Waals surface area (Å²) >= 11 is 0. The van der Waals surface area contributed by atoms with Gasteiger partial charge >= 0.3 is 0 Å². The maximum absolute atomic E-state index is 5.58. The zero-order valence-corrected chi connectivity index (χ0v) is 12.5. The number of aromatic nitrogens is 2. The molecule has 1 rings (SSSR count). The van der Waals surface area contributed by atoms with E-state index < -0.39 is 0 Å². The highest BCUT2D eigenvalue weighted by Gasteiger charge is 2.29. The first-order valence-electron chi connectivity index (χ1n) is 6.73. The van der Waals surface area contributed by atoms with Gasteiger partial charge in [0.25, 0.3) is 0 Å². The number of hydrogen-bond donors (Lipinski definition) is 1. The molecule has 0 fully saturated rings. The van der Waals surface area contributed by atoms with Gasteiger partial charge < -0.3 is 10.1 Å². The Kier molecular flexibility index (Phi) is 5.35. The van der Waals surface area contributed by atoms with Crippen LogP contribution in [0.3, 0.4) is 0 Å². The van der Waals surface area contributed by atoms with Gasteiger partial charge in [0.1, 0.15) is 0 Å². The maximum atomic E-state index is 5.58. The minimum atomic E-state index is -0.197. The molecule has 0 spiro atoms. The summed E-state index contributed by atoms with van der Waals surface area (Å²) in [5.74, 6) is 0. The molecule has 0 saturated heterocycles. The van der Waals surface area contributed by atoms with Gasteiger partial charge in [-0.2, -0.15) is 5.10 Å². The van der Waals surface area contributed by atoms with Crippen LogP contribution in [0, 0.1) is 0 Å². The molecule has 1 N–H and O–H groups in total. The smallest absolute Gasteiger partial charge is 0.0778 e. The minimum Gasteiger partial charge on any atom is -0.377 e. The minimum absolute atomic E-state index is 0.197. The second-order valence-corrected chi connectivity index (χ2v) is 5.50. The van der Waals surface area contributed by atoms with E-state index >= 15 is 0 Å². The zero-order chi connectivity index (χ0) is 13.8. The lowest BCUT2D eigenvalue weighted by Gasteiger charge is -2.33. The van der Waals surface area contributed by atoms with Crippen molar-refractivity contribution in [1.29, 1.82) is 0 Å². The number of nitrogens with one attached hydrogen (secondary N) is 1. The Morgan fingerprint density at radius 1 is 1.44 bits per heavy atom. The van der Waals surface area contributed by atoms with Crippen LogP contribution >= 0.6 is 0 Å². The van der Waals surface area contributed by atoms with Gasteiger partial charge in [-0.05, 0) is 40.3 Å². The van der Waals surface area contributed by atoms with Crippen molar-refractivity contribution in [3.05, 3.63) is 18.0 Å². The molecule has 1 atom stereocenters. The lowest BCUT2D eigenvalue weighted by Crippen LogP contribution is -2.49. The molecule has 0 radical (unpaired) electrons. The molecule has 0 aromatic carbocycles. The van der Waals surface area contributed by atoms with E-state index in [1.807, 2.05) is 10.9 Å². The Hall–Kier alpha value is -0.870. The summed E-state index contributed by atoms with van der Waals surface area (Å²) in [5.41, 5.74) is 0.914. The predicted octanol–water partition coefficient (Wildman–Crippen LogP) is 2.41. The van der Waals surface area contributed by atoms with Crippen LogP contribution in [0.15, 0.2) is 12.3 Å². The molecule has 0 aliphatic carbocycles. The first-order chi connectivity index (χ1) is 8.40. The Labute approximate surface area is 111 Å². The molecule has 1 unspecified atom stereocenters. The molecule has 0 bridgehead atoms. The van der Waals surface area contributed by atoms with Crippen LogP contribution in [0.2, 0.25) is 0 Å². The van der Waals surface area contributed by atoms with Crippen LogP contribution in [0.5, 0.6) is 0 Å². The zero-order valence-electron chi connectivity index (χ0n) is 12.5. The van der Waals surface area contributed by atoms with Crippen LogP contribution in [0.1, 0.15) is 46.4 Å². The molecular formula is C14H27N3O. The first kappa shape index (κ1) is 15.2. The summed E-state index contributed by atoms with van der Waals surface area (Å²) in [4.78, 5) is 0. The number of hydrogen-bond acceptors (Lipinski definition) is 3. The highest BCUT2D eigenvalue weighted by molar-refractivity contribution is 5.05. The van der Waals surface area contributed by atoms with Crippen molar-refractivity contribution in [3.8, 4) is 0 Å². The fraction of sp³-hybridized carbons (Fsp3) is 0.786. The molecule has 1 heterocycles. The third-order valence-corrected chi connectivity index (χ3v) is 3.42. The van der Waals surface area contributed by atoms with E-state index in [0.29, 0.717) is 6.04 Å². The molecule has 4 heteroatoms. The third kappa shape index (κ3) is 3.82. The average molecular weight is 253 g/mol. The molecule has 0 aliphatic rings. The third-order valence-electron chi connectivity index (χ3n) is 3.42. The van der Waals surface area contributed by atoms with Crippen molar-refractivity contribution in [2.45, 2.75) is 58.7 Å². The molecule has 104 valence electrons. The number of rotatable bonds is 7. The summed E-state index contributed by atoms with van der Waals surface area (Å²) in [5, 5.41) is 8.09. The van der Waals surface area contributed by atoms with Gasteiger partial charge in [-0.3, -0.25) is 4.68 Å². The summed E-state index contributed by atoms with van der Waals surface area (Å²) in [6.07, 6.45) is 2.93. The highest BCUT2D eigenvalue weighted by Crippen LogP contribution is 2.18. The lowest BCUT2D eigenvalue weighted by atomic mass is 9.94. The van der Waals surface area contributed by atoms with Crippen molar-refractivity contribution in [1.82, 2.24) is 15.1 Å². The Balaban J connectivity index is 2.76. The molecule has 0 saturated carbocycles. The van der Waals surface area contributed by atoms with Gasteiger partial charge in [0.05, 0.1) is 11.3 Å². The van der Waals surface area contributed by atoms with Gasteiger partial charge in [0, 0.05) is 31.8 Å². The fourth-order valence-corrected chi connectivity index (χ4v) is 1.94. The van der Waals surface area contributed by atoms with E-state index in [-0.39, 0.29) is 11.6 Å². The standard InChI is InChI=1S/C14H27N3O/c1-7-15-13(14(4,5)18-6)10-12-8-9-17(16-12)11(2)3/h8-9,11,13,15H,7,10H2,1-6H3. The van der Waals surface area contributed by atoms with Crippen molar-refractivity contribution in [2.75, 3.05) is 13.7 Å². The van der Waals surface area contributed by atoms with E-state index in [4.69, 9.17) is 4.74 Å². The van der Waals surface area contributed by atoms with Gasteiger partial charge in [0.15, 0.2) is 0 Å². The van der Waals surface area contributed by atoms with Crippen LogP contribution in [0.4, 0.5) is 0 Å². The van der Waals surface area contributed by atoms with Crippen molar-refractivity contribution in [2.24, 2.45) is 0 Å². The number of ether oxygens (including phenoxy) is 1. The maximum Gasteiger partial charge on any atom is 0.0778 e. The van der Waals surface area contributed by atoms with Gasteiger partial charge in [-0.15, -0.1) is 0 Å². The normalized spacial score (nSPS) is 14.2. The van der Waals surface area contributed by atoms with E-state index in [0.717, 1.165) is 18.7 Å². The summed E-state index contributed by atoms with van der Waals surface area (Å²) in [6, 6.07) is 2.77. The van der Waals surface area contributed by atoms with Crippen LogP contribution in [0.25, 0.3) is 0 Å². The van der Waals surface area contributed by atoms with E-state index in [9.17, 15) is 0 Å². The summed E-state index contributed by atoms with van der Waals surface area (Å²) < 4.78 is 7.58. The number of nitrogens with zero attached hydrogens (tertiary/aromatic N) is 2. The lowest BCUT2D eigenvalue weighted by molar-refractivity contribution is -0.00988. The molecule has 4 nitrogen and oxygen atoms in total. The van der Waals surface area contributed by atoms with Crippen molar-refractivity contribution < 1.29 is 4.74 Å². The van der Waals surface area contributed by atoms with Crippen LogP contribution < -0.4 is 5.32 Å². The molecule has 1 aromatic heterocycles. The molecule has 18 heavy (non-hydrogen) atoms. The van der Waals surface area contributed by atoms with Gasteiger partial charge in [-0.25, -0.2) is 0 Å². The highest BCUT2D eigenvalue weighted by atomic mass is 16.5. The summed E-state index contributed by atoms with van der Waals surface area (Å²) in [7, 11) is 1.76. The number of likely N-dealkylation sites (N-methyl/N-ethyl adjacent to an activating group) is 1. The van der Waals surface area contributed by atoms with Crippen LogP contribution in [-0.4, -0.2) is 35.1 Å². The first-order valence-corrected chi connectivity index (χ1v) is 6.73. The van der Waals surface area contributed by atoms with Crippen molar-refractivity contribution in [3.63, 3.8) is 0 Å².